The van der Waals surface area contributed by atoms with Crippen molar-refractivity contribution in [3.05, 3.63) is 42.5 Å². The highest BCUT2D eigenvalue weighted by Gasteiger charge is 2.66. The van der Waals surface area contributed by atoms with Crippen LogP contribution < -0.4 is 5.73 Å². The fourth-order valence-electron chi connectivity index (χ4n) is 11.8. The number of carbonyl (C=O) groups is 1. The van der Waals surface area contributed by atoms with Gasteiger partial charge in [-0.1, -0.05) is 52.3 Å². The zero-order valence-corrected chi connectivity index (χ0v) is 26.7. The highest BCUT2D eigenvalue weighted by Crippen LogP contribution is 2.73. The Morgan fingerprint density at radius 1 is 0.878 bits per heavy atom. The van der Waals surface area contributed by atoms with Gasteiger partial charge in [-0.3, -0.25) is 4.79 Å². The van der Waals surface area contributed by atoms with Crippen molar-refractivity contribution in [2.45, 2.75) is 124 Å². The molecule has 9 atom stereocenters. The van der Waals surface area contributed by atoms with Gasteiger partial charge in [0.1, 0.15) is 5.75 Å². The summed E-state index contributed by atoms with van der Waals surface area (Å²) >= 11 is 0. The zero-order chi connectivity index (χ0) is 30.1. The number of allylic oxidation sites excluding steroid dienone is 1. The zero-order valence-electron chi connectivity index (χ0n) is 26.7. The molecule has 41 heavy (non-hydrogen) atoms. The summed E-state index contributed by atoms with van der Waals surface area (Å²) in [5.41, 5.74) is 7.10. The molecule has 4 N–H and O–H groups in total. The van der Waals surface area contributed by atoms with Crippen molar-refractivity contribution in [2.75, 3.05) is 0 Å². The number of aliphatic hydroxyl groups is 1. The summed E-state index contributed by atoms with van der Waals surface area (Å²) in [5.74, 6) is 4.69. The number of hydrogen-bond acceptors (Lipinski definition) is 3. The van der Waals surface area contributed by atoms with Crippen molar-refractivity contribution in [1.29, 1.82) is 0 Å². The summed E-state index contributed by atoms with van der Waals surface area (Å²) in [6.07, 6.45) is 19.5. The lowest BCUT2D eigenvalue weighted by atomic mass is 9.36. The molecule has 0 aromatic heterocycles. The molecule has 0 saturated heterocycles. The number of primary amides is 1. The summed E-state index contributed by atoms with van der Waals surface area (Å²) in [6.45, 7) is 15.4. The normalized spacial score (nSPS) is 41.9. The number of aryl methyl sites for hydroxylation is 1. The second-order valence-corrected chi connectivity index (χ2v) is 15.5. The molecule has 4 heteroatoms. The minimum absolute atomic E-state index is 0.0621. The van der Waals surface area contributed by atoms with Gasteiger partial charge in [0.15, 0.2) is 0 Å². The van der Waals surface area contributed by atoms with Gasteiger partial charge in [0.05, 0.1) is 6.10 Å². The van der Waals surface area contributed by atoms with E-state index in [0.717, 1.165) is 30.1 Å². The molecule has 6 rings (SSSR count). The van der Waals surface area contributed by atoms with Crippen LogP contribution in [0.3, 0.4) is 0 Å². The number of amides is 1. The molecular formula is C37H59NO3. The van der Waals surface area contributed by atoms with Gasteiger partial charge in [-0.2, -0.15) is 0 Å². The molecule has 5 aliphatic carbocycles. The number of nitrogens with two attached hydrogens (primary N) is 1. The average Bonchev–Trinajstić information content (AvgIpc) is 3.36. The van der Waals surface area contributed by atoms with Crippen LogP contribution in [-0.2, 0) is 11.2 Å². The lowest BCUT2D eigenvalue weighted by molar-refractivity contribution is -0.214. The molecule has 1 aromatic rings. The highest BCUT2D eigenvalue weighted by molar-refractivity contribution is 5.42. The minimum atomic E-state index is -0.122. The maximum atomic E-state index is 10.9. The molecule has 5 aliphatic rings. The Bertz CT molecular complexity index is 1030. The second-order valence-electron chi connectivity index (χ2n) is 15.5. The Labute approximate surface area is 250 Å². The summed E-state index contributed by atoms with van der Waals surface area (Å²) in [5, 5.41) is 20.6. The molecule has 0 heterocycles. The lowest BCUT2D eigenvalue weighted by Gasteiger charge is -2.69. The standard InChI is InChI=1S/C33H50O2.C3H6.CH3NO/c1-30(2)27-15-18-31(3)25-14-21-33(20-13-22-7-9-23(34)10-8-22)17-5-6-26(33)24(25)11-12-28(31)32(27,4)19-16-29(30)35;1-3-2;2-1-3/h7-10,24-29,34-35H,5-6,11-21H2,1-4H3;3H,1H2,2H3;1H,(H2,2,3). The fourth-order valence-corrected chi connectivity index (χ4v) is 11.8. The van der Waals surface area contributed by atoms with Crippen LogP contribution in [0.5, 0.6) is 5.75 Å². The van der Waals surface area contributed by atoms with Gasteiger partial charge in [-0.25, -0.2) is 0 Å². The number of fused-ring (bicyclic) bond motifs is 7. The molecule has 230 valence electrons. The van der Waals surface area contributed by atoms with E-state index in [1.165, 1.54) is 82.6 Å². The number of phenols is 1. The summed E-state index contributed by atoms with van der Waals surface area (Å²) in [6, 6.07) is 7.99. The third-order valence-electron chi connectivity index (χ3n) is 13.5. The van der Waals surface area contributed by atoms with Gasteiger partial charge < -0.3 is 15.9 Å². The molecule has 4 nitrogen and oxygen atoms in total. The van der Waals surface area contributed by atoms with Crippen LogP contribution in [0.15, 0.2) is 36.9 Å². The predicted octanol–water partition coefficient (Wildman–Crippen LogP) is 8.44. The summed E-state index contributed by atoms with van der Waals surface area (Å²) < 4.78 is 0. The first kappa shape index (κ1) is 32.1. The maximum Gasteiger partial charge on any atom is 0.204 e. The Kier molecular flexibility index (Phi) is 9.73. The van der Waals surface area contributed by atoms with Crippen LogP contribution >= 0.6 is 0 Å². The molecule has 5 saturated carbocycles. The quantitative estimate of drug-likeness (QED) is 0.254. The van der Waals surface area contributed by atoms with Crippen LogP contribution in [-0.4, -0.2) is 22.7 Å². The smallest absolute Gasteiger partial charge is 0.204 e. The maximum absolute atomic E-state index is 10.9. The van der Waals surface area contributed by atoms with E-state index in [1.54, 1.807) is 6.08 Å². The fraction of sp³-hybridized carbons (Fsp3) is 0.757. The van der Waals surface area contributed by atoms with Gasteiger partial charge in [0.2, 0.25) is 6.41 Å². The van der Waals surface area contributed by atoms with Gasteiger partial charge >= 0.3 is 0 Å². The van der Waals surface area contributed by atoms with E-state index in [1.807, 2.05) is 19.1 Å². The first-order chi connectivity index (χ1) is 19.4. The number of hydrogen-bond donors (Lipinski definition) is 3. The van der Waals surface area contributed by atoms with Crippen molar-refractivity contribution in [3.63, 3.8) is 0 Å². The third kappa shape index (κ3) is 5.64. The van der Waals surface area contributed by atoms with E-state index in [4.69, 9.17) is 4.79 Å². The Hall–Kier alpha value is -1.81. The van der Waals surface area contributed by atoms with Crippen LogP contribution in [0, 0.1) is 51.2 Å². The van der Waals surface area contributed by atoms with Crippen LogP contribution in [0.2, 0.25) is 0 Å². The first-order valence-corrected chi connectivity index (χ1v) is 16.6. The third-order valence-corrected chi connectivity index (χ3v) is 13.5. The number of phenolic OH excluding ortho intramolecular Hbond substituents is 1. The molecular weight excluding hydrogens is 506 g/mol. The van der Waals surface area contributed by atoms with Gasteiger partial charge in [-0.15, -0.1) is 6.58 Å². The van der Waals surface area contributed by atoms with Crippen molar-refractivity contribution < 1.29 is 15.0 Å². The summed E-state index contributed by atoms with van der Waals surface area (Å²) in [7, 11) is 0. The highest BCUT2D eigenvalue weighted by atomic mass is 16.3. The predicted molar refractivity (Wildman–Crippen MR) is 169 cm³/mol. The van der Waals surface area contributed by atoms with E-state index in [9.17, 15) is 10.2 Å². The molecule has 0 bridgehead atoms. The molecule has 0 spiro atoms. The largest absolute Gasteiger partial charge is 0.508 e. The van der Waals surface area contributed by atoms with Gasteiger partial charge in [-0.05, 0) is 153 Å². The molecule has 1 aromatic carbocycles. The van der Waals surface area contributed by atoms with E-state index >= 15 is 0 Å². The van der Waals surface area contributed by atoms with Crippen molar-refractivity contribution in [3.8, 4) is 5.75 Å². The number of benzene rings is 1. The lowest BCUT2D eigenvalue weighted by Crippen LogP contribution is -2.63. The van der Waals surface area contributed by atoms with Gasteiger partial charge in [0.25, 0.3) is 0 Å². The number of aliphatic hydroxyl groups excluding tert-OH is 1. The molecule has 0 aliphatic heterocycles. The Morgan fingerprint density at radius 2 is 1.51 bits per heavy atom. The van der Waals surface area contributed by atoms with Crippen LogP contribution in [0.25, 0.3) is 0 Å². The molecule has 9 unspecified atom stereocenters. The Morgan fingerprint density at radius 3 is 2.17 bits per heavy atom. The number of rotatable bonds is 3. The minimum Gasteiger partial charge on any atom is -0.508 e. The van der Waals surface area contributed by atoms with Gasteiger partial charge in [0, 0.05) is 0 Å². The first-order valence-electron chi connectivity index (χ1n) is 16.6. The van der Waals surface area contributed by atoms with Crippen molar-refractivity contribution in [2.24, 2.45) is 57.0 Å². The summed E-state index contributed by atoms with van der Waals surface area (Å²) in [4.78, 5) is 8.58. The van der Waals surface area contributed by atoms with E-state index in [-0.39, 0.29) is 17.9 Å². The van der Waals surface area contributed by atoms with Crippen LogP contribution in [0.1, 0.15) is 117 Å². The topological polar surface area (TPSA) is 83.6 Å². The molecule has 0 radical (unpaired) electrons. The molecule has 1 amide bonds. The Balaban J connectivity index is 0.000000596. The monoisotopic (exact) mass is 565 g/mol. The van der Waals surface area contributed by atoms with E-state index in [0.29, 0.717) is 27.9 Å². The SMILES string of the molecule is C=CC.CC1(C)C(O)CCC2(C)C1CCC1(C)C3CCC4(CCc5ccc(O)cc5)CCCC4C3CCC12.NC=O. The second kappa shape index (κ2) is 12.4. The van der Waals surface area contributed by atoms with Crippen LogP contribution in [0.4, 0.5) is 0 Å². The number of carbonyl (C=O) groups excluding carboxylic acids is 1. The average molecular weight is 566 g/mol. The van der Waals surface area contributed by atoms with Crippen molar-refractivity contribution >= 4 is 6.41 Å². The molecule has 5 fully saturated rings. The van der Waals surface area contributed by atoms with E-state index < -0.39 is 0 Å². The van der Waals surface area contributed by atoms with Crippen molar-refractivity contribution in [1.82, 2.24) is 0 Å². The number of aromatic hydroxyl groups is 1. The van der Waals surface area contributed by atoms with E-state index in [2.05, 4.69) is 52.1 Å².